The second kappa shape index (κ2) is 4.00. The average molecular weight is 283 g/mol. The highest BCUT2D eigenvalue weighted by Gasteiger charge is 2.34. The summed E-state index contributed by atoms with van der Waals surface area (Å²) in [6, 6.07) is 2.03. The summed E-state index contributed by atoms with van der Waals surface area (Å²) in [7, 11) is 0. The molecule has 0 N–H and O–H groups in total. The number of fused-ring (bicyclic) bond motifs is 2. The topological polar surface area (TPSA) is 25.4 Å². The van der Waals surface area contributed by atoms with Gasteiger partial charge in [-0.15, -0.1) is 0 Å². The van der Waals surface area contributed by atoms with E-state index < -0.39 is 0 Å². The molecule has 0 aromatic carbocycles. The van der Waals surface area contributed by atoms with Crippen LogP contribution >= 0.6 is 15.9 Å². The first-order chi connectivity index (χ1) is 7.74. The average Bonchev–Trinajstić information content (AvgIpc) is 2.62. The fourth-order valence-corrected chi connectivity index (χ4v) is 3.02. The third-order valence-electron chi connectivity index (χ3n) is 3.41. The standard InChI is InChI=1S/C12H15BrN2O/c1-8-4-5-14-12(11(8)13)15-6-9-2-3-10(7-15)16-9/h4-5,9-10H,2-3,6-7H2,1H3. The summed E-state index contributed by atoms with van der Waals surface area (Å²) in [5, 5.41) is 0. The highest BCUT2D eigenvalue weighted by molar-refractivity contribution is 9.10. The number of aromatic nitrogens is 1. The van der Waals surface area contributed by atoms with E-state index in [0.29, 0.717) is 12.2 Å². The van der Waals surface area contributed by atoms with Crippen LogP contribution in [0, 0.1) is 6.92 Å². The van der Waals surface area contributed by atoms with Gasteiger partial charge in [0.2, 0.25) is 0 Å². The summed E-state index contributed by atoms with van der Waals surface area (Å²) < 4.78 is 6.96. The maximum absolute atomic E-state index is 5.83. The largest absolute Gasteiger partial charge is 0.371 e. The molecule has 3 nitrogen and oxygen atoms in total. The quantitative estimate of drug-likeness (QED) is 0.792. The molecule has 2 aliphatic heterocycles. The number of morpholine rings is 1. The predicted octanol–water partition coefficient (Wildman–Crippen LogP) is 2.52. The zero-order valence-corrected chi connectivity index (χ0v) is 10.9. The number of pyridine rings is 1. The van der Waals surface area contributed by atoms with Crippen molar-refractivity contribution in [1.82, 2.24) is 4.98 Å². The molecule has 0 aliphatic carbocycles. The van der Waals surface area contributed by atoms with Crippen LogP contribution in [-0.4, -0.2) is 30.3 Å². The van der Waals surface area contributed by atoms with E-state index in [1.165, 1.54) is 18.4 Å². The third-order valence-corrected chi connectivity index (χ3v) is 4.39. The molecule has 0 spiro atoms. The van der Waals surface area contributed by atoms with Gasteiger partial charge in [0.1, 0.15) is 5.82 Å². The van der Waals surface area contributed by atoms with Gasteiger partial charge in [-0.05, 0) is 47.3 Å². The molecule has 1 aromatic rings. The third kappa shape index (κ3) is 1.74. The van der Waals surface area contributed by atoms with Gasteiger partial charge >= 0.3 is 0 Å². The molecule has 2 aliphatic rings. The maximum atomic E-state index is 5.83. The van der Waals surface area contributed by atoms with Crippen LogP contribution in [0.4, 0.5) is 5.82 Å². The summed E-state index contributed by atoms with van der Waals surface area (Å²) in [5.74, 6) is 1.07. The van der Waals surface area contributed by atoms with Gasteiger partial charge in [-0.2, -0.15) is 0 Å². The van der Waals surface area contributed by atoms with Crippen LogP contribution in [0.25, 0.3) is 0 Å². The van der Waals surface area contributed by atoms with Gasteiger partial charge in [-0.25, -0.2) is 4.98 Å². The van der Waals surface area contributed by atoms with Crippen LogP contribution in [0.15, 0.2) is 16.7 Å². The van der Waals surface area contributed by atoms with E-state index in [4.69, 9.17) is 4.74 Å². The van der Waals surface area contributed by atoms with Crippen LogP contribution in [0.1, 0.15) is 18.4 Å². The van der Waals surface area contributed by atoms with Crippen molar-refractivity contribution in [3.05, 3.63) is 22.3 Å². The van der Waals surface area contributed by atoms with Crippen molar-refractivity contribution < 1.29 is 4.74 Å². The molecule has 2 unspecified atom stereocenters. The number of rotatable bonds is 1. The molecule has 0 saturated carbocycles. The van der Waals surface area contributed by atoms with Crippen molar-refractivity contribution in [2.45, 2.75) is 32.0 Å². The summed E-state index contributed by atoms with van der Waals surface area (Å²) in [4.78, 5) is 6.83. The molecule has 86 valence electrons. The molecule has 16 heavy (non-hydrogen) atoms. The van der Waals surface area contributed by atoms with E-state index in [1.807, 2.05) is 12.3 Å². The minimum absolute atomic E-state index is 0.410. The minimum Gasteiger partial charge on any atom is -0.371 e. The fraction of sp³-hybridized carbons (Fsp3) is 0.583. The van der Waals surface area contributed by atoms with Crippen molar-refractivity contribution in [2.24, 2.45) is 0 Å². The molecule has 4 heteroatoms. The number of aryl methyl sites for hydroxylation is 1. The normalized spacial score (nSPS) is 28.5. The first-order valence-corrected chi connectivity index (χ1v) is 6.55. The van der Waals surface area contributed by atoms with Gasteiger partial charge in [0.15, 0.2) is 0 Å². The van der Waals surface area contributed by atoms with E-state index in [-0.39, 0.29) is 0 Å². The molecule has 1 aromatic heterocycles. The fourth-order valence-electron chi connectivity index (χ4n) is 2.53. The lowest BCUT2D eigenvalue weighted by atomic mass is 10.2. The van der Waals surface area contributed by atoms with E-state index in [9.17, 15) is 0 Å². The number of hydrogen-bond acceptors (Lipinski definition) is 3. The summed E-state index contributed by atoms with van der Waals surface area (Å²) in [5.41, 5.74) is 1.24. The summed E-state index contributed by atoms with van der Waals surface area (Å²) in [6.07, 6.45) is 5.10. The van der Waals surface area contributed by atoms with Crippen molar-refractivity contribution in [2.75, 3.05) is 18.0 Å². The highest BCUT2D eigenvalue weighted by Crippen LogP contribution is 2.33. The SMILES string of the molecule is Cc1ccnc(N2CC3CCC(C2)O3)c1Br. The Morgan fingerprint density at radius 1 is 1.38 bits per heavy atom. The molecule has 0 amide bonds. The van der Waals surface area contributed by atoms with Gasteiger partial charge in [0, 0.05) is 19.3 Å². The lowest BCUT2D eigenvalue weighted by Crippen LogP contribution is -2.43. The monoisotopic (exact) mass is 282 g/mol. The second-order valence-corrected chi connectivity index (χ2v) is 5.42. The molecule has 2 bridgehead atoms. The van der Waals surface area contributed by atoms with Crippen LogP contribution in [0.5, 0.6) is 0 Å². The number of ether oxygens (including phenoxy) is 1. The zero-order valence-electron chi connectivity index (χ0n) is 9.32. The lowest BCUT2D eigenvalue weighted by Gasteiger charge is -2.33. The second-order valence-electron chi connectivity index (χ2n) is 4.63. The Bertz CT molecular complexity index is 398. The van der Waals surface area contributed by atoms with Crippen molar-refractivity contribution >= 4 is 21.7 Å². The Balaban J connectivity index is 1.89. The molecule has 0 radical (unpaired) electrons. The first-order valence-electron chi connectivity index (χ1n) is 5.75. The van der Waals surface area contributed by atoms with Crippen LogP contribution in [0.2, 0.25) is 0 Å². The molecule has 2 saturated heterocycles. The van der Waals surface area contributed by atoms with E-state index in [1.54, 1.807) is 0 Å². The number of nitrogens with zero attached hydrogens (tertiary/aromatic N) is 2. The maximum Gasteiger partial charge on any atom is 0.143 e. The lowest BCUT2D eigenvalue weighted by molar-refractivity contribution is 0.0302. The molecular formula is C12H15BrN2O. The Kier molecular flexibility index (Phi) is 2.64. The van der Waals surface area contributed by atoms with Crippen LogP contribution in [-0.2, 0) is 4.74 Å². The zero-order chi connectivity index (χ0) is 11.1. The first kappa shape index (κ1) is 10.5. The number of anilines is 1. The Labute approximate surface area is 104 Å². The molecule has 2 atom stereocenters. The molecule has 3 rings (SSSR count). The summed E-state index contributed by atoms with van der Waals surface area (Å²) in [6.45, 7) is 4.06. The number of hydrogen-bond donors (Lipinski definition) is 0. The molecular weight excluding hydrogens is 268 g/mol. The van der Waals surface area contributed by atoms with Crippen molar-refractivity contribution in [3.63, 3.8) is 0 Å². The number of halogens is 1. The summed E-state index contributed by atoms with van der Waals surface area (Å²) >= 11 is 3.63. The Hall–Kier alpha value is -0.610. The van der Waals surface area contributed by atoms with E-state index in [2.05, 4.69) is 32.7 Å². The van der Waals surface area contributed by atoms with Gasteiger partial charge in [-0.3, -0.25) is 0 Å². The van der Waals surface area contributed by atoms with Gasteiger partial charge < -0.3 is 9.64 Å². The highest BCUT2D eigenvalue weighted by atomic mass is 79.9. The van der Waals surface area contributed by atoms with E-state index in [0.717, 1.165) is 23.4 Å². The van der Waals surface area contributed by atoms with Crippen LogP contribution in [0.3, 0.4) is 0 Å². The van der Waals surface area contributed by atoms with Crippen molar-refractivity contribution in [1.29, 1.82) is 0 Å². The Morgan fingerprint density at radius 2 is 2.06 bits per heavy atom. The minimum atomic E-state index is 0.410. The van der Waals surface area contributed by atoms with Gasteiger partial charge in [-0.1, -0.05) is 0 Å². The van der Waals surface area contributed by atoms with Gasteiger partial charge in [0.25, 0.3) is 0 Å². The predicted molar refractivity (Wildman–Crippen MR) is 66.8 cm³/mol. The Morgan fingerprint density at radius 3 is 2.75 bits per heavy atom. The molecule has 2 fully saturated rings. The smallest absolute Gasteiger partial charge is 0.143 e. The van der Waals surface area contributed by atoms with Crippen LogP contribution < -0.4 is 4.90 Å². The van der Waals surface area contributed by atoms with Gasteiger partial charge in [0.05, 0.1) is 16.7 Å². The van der Waals surface area contributed by atoms with E-state index >= 15 is 0 Å². The molecule has 3 heterocycles. The van der Waals surface area contributed by atoms with Crippen molar-refractivity contribution in [3.8, 4) is 0 Å².